The number of carbonyl (C=O) groups is 3. The molecule has 2 fully saturated rings. The molecule has 1 aromatic heterocycles. The number of aromatic nitrogens is 1. The molecule has 9 nitrogen and oxygen atoms in total. The maximum atomic E-state index is 13.4. The highest BCUT2D eigenvalue weighted by Crippen LogP contribution is 2.52. The molecule has 198 valence electrons. The largest absolute Gasteiger partial charge is 0.586 e. The number of nitrogens with one attached hydrogen (secondary N) is 1. The third-order valence-corrected chi connectivity index (χ3v) is 7.29. The predicted molar refractivity (Wildman–Crippen MR) is 129 cm³/mol. The summed E-state index contributed by atoms with van der Waals surface area (Å²) in [5.74, 6) is -0.429. The SMILES string of the molecule is CC(C)(C=O)c1cc2cc(NC(=O)C3(c4ccc5c(c4)OC(F)(F)O5)CC3)ccc2n1C[C@@H]1COC(=O)O1. The molecule has 0 bridgehead atoms. The van der Waals surface area contributed by atoms with Gasteiger partial charge in [-0.3, -0.25) is 4.79 Å². The molecule has 1 saturated carbocycles. The fraction of sp³-hybridized carbons (Fsp3) is 0.370. The summed E-state index contributed by atoms with van der Waals surface area (Å²) in [7, 11) is 0. The predicted octanol–water partition coefficient (Wildman–Crippen LogP) is 4.65. The molecule has 0 spiro atoms. The van der Waals surface area contributed by atoms with Crippen LogP contribution < -0.4 is 14.8 Å². The number of halogens is 2. The monoisotopic (exact) mass is 526 g/mol. The minimum atomic E-state index is -3.73. The average molecular weight is 526 g/mol. The van der Waals surface area contributed by atoms with Crippen molar-refractivity contribution in [2.45, 2.75) is 56.5 Å². The van der Waals surface area contributed by atoms with E-state index in [-0.39, 0.29) is 24.0 Å². The van der Waals surface area contributed by atoms with Gasteiger partial charge in [-0.2, -0.15) is 0 Å². The van der Waals surface area contributed by atoms with Crippen molar-refractivity contribution in [1.82, 2.24) is 4.57 Å². The Labute approximate surface area is 215 Å². The van der Waals surface area contributed by atoms with Crippen LogP contribution in [0.3, 0.4) is 0 Å². The van der Waals surface area contributed by atoms with Crippen LogP contribution >= 0.6 is 0 Å². The molecule has 0 unspecified atom stereocenters. The summed E-state index contributed by atoms with van der Waals surface area (Å²) in [6, 6.07) is 11.7. The number of anilines is 1. The molecule has 6 rings (SSSR count). The molecule has 1 saturated heterocycles. The van der Waals surface area contributed by atoms with Crippen LogP contribution in [0.4, 0.5) is 19.3 Å². The van der Waals surface area contributed by atoms with Crippen LogP contribution in [0.2, 0.25) is 0 Å². The smallest absolute Gasteiger partial charge is 0.430 e. The first-order valence-electron chi connectivity index (χ1n) is 12.2. The van der Waals surface area contributed by atoms with Crippen molar-refractivity contribution in [1.29, 1.82) is 0 Å². The summed E-state index contributed by atoms with van der Waals surface area (Å²) in [5.41, 5.74) is 0.974. The van der Waals surface area contributed by atoms with E-state index in [1.165, 1.54) is 12.1 Å². The van der Waals surface area contributed by atoms with Gasteiger partial charge in [0.2, 0.25) is 5.91 Å². The van der Waals surface area contributed by atoms with E-state index in [1.54, 1.807) is 26.0 Å². The maximum Gasteiger partial charge on any atom is 0.586 e. The average Bonchev–Trinajstić information content (AvgIpc) is 3.31. The van der Waals surface area contributed by atoms with Gasteiger partial charge in [0.25, 0.3) is 0 Å². The second kappa shape index (κ2) is 8.17. The van der Waals surface area contributed by atoms with E-state index in [9.17, 15) is 23.2 Å². The summed E-state index contributed by atoms with van der Waals surface area (Å²) in [6.45, 7) is 4.01. The molecular formula is C27H24F2N2O7. The van der Waals surface area contributed by atoms with Crippen molar-refractivity contribution in [3.8, 4) is 11.5 Å². The van der Waals surface area contributed by atoms with E-state index in [0.717, 1.165) is 22.9 Å². The van der Waals surface area contributed by atoms with Crippen LogP contribution in [-0.4, -0.2) is 41.9 Å². The van der Waals surface area contributed by atoms with Gasteiger partial charge < -0.3 is 33.6 Å². The van der Waals surface area contributed by atoms with E-state index in [1.807, 2.05) is 22.8 Å². The molecule has 2 aliphatic heterocycles. The summed E-state index contributed by atoms with van der Waals surface area (Å²) in [4.78, 5) is 36.6. The van der Waals surface area contributed by atoms with Gasteiger partial charge in [-0.1, -0.05) is 6.07 Å². The lowest BCUT2D eigenvalue weighted by Crippen LogP contribution is -2.28. The first-order valence-corrected chi connectivity index (χ1v) is 12.2. The zero-order chi connectivity index (χ0) is 26.9. The standard InChI is InChI=1S/C27H24F2N2O7/c1-25(2,14-32)22-10-15-9-17(4-5-19(15)31(22)12-18-13-35-24(34)36-18)30-23(33)26(7-8-26)16-3-6-20-21(11-16)38-27(28,29)37-20/h3-6,9-11,14,18H,7-8,12-13H2,1-2H3,(H,30,33)/t18-/m1/s1. The van der Waals surface area contributed by atoms with Crippen molar-refractivity contribution in [3.63, 3.8) is 0 Å². The van der Waals surface area contributed by atoms with E-state index in [4.69, 9.17) is 9.47 Å². The highest BCUT2D eigenvalue weighted by Gasteiger charge is 2.52. The topological polar surface area (TPSA) is 105 Å². The van der Waals surface area contributed by atoms with Crippen molar-refractivity contribution < 1.29 is 42.1 Å². The second-order valence-corrected chi connectivity index (χ2v) is 10.4. The van der Waals surface area contributed by atoms with E-state index in [0.29, 0.717) is 30.6 Å². The zero-order valence-electron chi connectivity index (χ0n) is 20.6. The van der Waals surface area contributed by atoms with Crippen LogP contribution in [0.1, 0.15) is 37.9 Å². The zero-order valence-corrected chi connectivity index (χ0v) is 20.6. The Bertz CT molecular complexity index is 1490. The number of cyclic esters (lactones) is 2. The van der Waals surface area contributed by atoms with Gasteiger partial charge in [-0.05, 0) is 68.7 Å². The van der Waals surface area contributed by atoms with Gasteiger partial charge in [0.15, 0.2) is 17.6 Å². The quantitative estimate of drug-likeness (QED) is 0.353. The number of hydrogen-bond acceptors (Lipinski definition) is 7. The molecule has 3 aliphatic rings. The van der Waals surface area contributed by atoms with Gasteiger partial charge >= 0.3 is 12.5 Å². The van der Waals surface area contributed by atoms with E-state index >= 15 is 0 Å². The minimum Gasteiger partial charge on any atom is -0.430 e. The Kier molecular flexibility index (Phi) is 5.21. The lowest BCUT2D eigenvalue weighted by Gasteiger charge is -2.22. The summed E-state index contributed by atoms with van der Waals surface area (Å²) >= 11 is 0. The number of benzene rings is 2. The Hall–Kier alpha value is -4.15. The van der Waals surface area contributed by atoms with Crippen molar-refractivity contribution in [2.24, 2.45) is 0 Å². The van der Waals surface area contributed by atoms with E-state index in [2.05, 4.69) is 14.8 Å². The molecular weight excluding hydrogens is 502 g/mol. The third-order valence-electron chi connectivity index (χ3n) is 7.29. The number of alkyl halides is 2. The van der Waals surface area contributed by atoms with Crippen LogP contribution in [0, 0.1) is 0 Å². The Balaban J connectivity index is 1.28. The molecule has 38 heavy (non-hydrogen) atoms. The molecule has 3 aromatic rings. The van der Waals surface area contributed by atoms with E-state index < -0.39 is 29.4 Å². The maximum absolute atomic E-state index is 13.4. The highest BCUT2D eigenvalue weighted by molar-refractivity contribution is 6.02. The van der Waals surface area contributed by atoms with Crippen molar-refractivity contribution in [3.05, 3.63) is 53.7 Å². The number of ether oxygens (including phenoxy) is 4. The third kappa shape index (κ3) is 4.02. The van der Waals surface area contributed by atoms with Crippen molar-refractivity contribution >= 4 is 34.9 Å². The molecule has 3 heterocycles. The molecule has 2 aromatic carbocycles. The van der Waals surface area contributed by atoms with Gasteiger partial charge in [-0.15, -0.1) is 8.78 Å². The van der Waals surface area contributed by atoms with Gasteiger partial charge in [-0.25, -0.2) is 4.79 Å². The molecule has 1 aliphatic carbocycles. The first-order chi connectivity index (χ1) is 18.0. The fourth-order valence-electron chi connectivity index (χ4n) is 5.07. The van der Waals surface area contributed by atoms with Crippen molar-refractivity contribution in [2.75, 3.05) is 11.9 Å². The van der Waals surface area contributed by atoms with Crippen LogP contribution in [-0.2, 0) is 36.4 Å². The molecule has 1 N–H and O–H groups in total. The molecule has 1 atom stereocenters. The van der Waals surface area contributed by atoms with Gasteiger partial charge in [0.05, 0.1) is 17.4 Å². The first kappa shape index (κ1) is 24.2. The Morgan fingerprint density at radius 1 is 1.13 bits per heavy atom. The Morgan fingerprint density at radius 3 is 2.58 bits per heavy atom. The number of fused-ring (bicyclic) bond motifs is 2. The number of nitrogens with zero attached hydrogens (tertiary/aromatic N) is 1. The normalized spacial score (nSPS) is 20.6. The van der Waals surface area contributed by atoms with Crippen LogP contribution in [0.25, 0.3) is 10.9 Å². The molecule has 1 amide bonds. The second-order valence-electron chi connectivity index (χ2n) is 10.4. The number of carbonyl (C=O) groups excluding carboxylic acids is 3. The lowest BCUT2D eigenvalue weighted by atomic mass is 9.91. The molecule has 0 radical (unpaired) electrons. The summed E-state index contributed by atoms with van der Waals surface area (Å²) in [5, 5.41) is 3.74. The number of aldehydes is 1. The van der Waals surface area contributed by atoms with Crippen LogP contribution in [0.5, 0.6) is 11.5 Å². The number of hydrogen-bond donors (Lipinski definition) is 1. The Morgan fingerprint density at radius 2 is 1.89 bits per heavy atom. The summed E-state index contributed by atoms with van der Waals surface area (Å²) < 4.78 is 47.9. The van der Waals surface area contributed by atoms with Crippen LogP contribution in [0.15, 0.2) is 42.5 Å². The fourth-order valence-corrected chi connectivity index (χ4v) is 5.07. The number of amides is 1. The minimum absolute atomic E-state index is 0.0714. The van der Waals surface area contributed by atoms with Gasteiger partial charge in [0.1, 0.15) is 12.9 Å². The summed E-state index contributed by atoms with van der Waals surface area (Å²) in [6.07, 6.45) is -2.96. The van der Waals surface area contributed by atoms with Gasteiger partial charge in [0, 0.05) is 22.3 Å². The number of rotatable bonds is 7. The molecule has 11 heteroatoms. The highest BCUT2D eigenvalue weighted by atomic mass is 19.3. The lowest BCUT2D eigenvalue weighted by molar-refractivity contribution is -0.286.